The van der Waals surface area contributed by atoms with E-state index < -0.39 is 14.8 Å². The first-order valence-corrected chi connectivity index (χ1v) is 9.37. The lowest BCUT2D eigenvalue weighted by Gasteiger charge is -2.19. The number of para-hydroxylation sites is 1. The first-order chi connectivity index (χ1) is 11.3. The van der Waals surface area contributed by atoms with Crippen LogP contribution in [-0.2, 0) is 16.9 Å². The van der Waals surface area contributed by atoms with E-state index in [1.807, 2.05) is 18.1 Å². The van der Waals surface area contributed by atoms with Gasteiger partial charge in [0.05, 0.1) is 11.1 Å². The van der Waals surface area contributed by atoms with Crippen molar-refractivity contribution >= 4 is 21.2 Å². The molecular formula is C15H18N4O4S. The maximum absolute atomic E-state index is 11.9. The molecule has 0 radical (unpaired) electrons. The highest BCUT2D eigenvalue weighted by Crippen LogP contribution is 2.38. The summed E-state index contributed by atoms with van der Waals surface area (Å²) in [6, 6.07) is 4.44. The van der Waals surface area contributed by atoms with Gasteiger partial charge in [0, 0.05) is 38.5 Å². The van der Waals surface area contributed by atoms with Crippen LogP contribution in [0.2, 0.25) is 0 Å². The predicted octanol–water partition coefficient (Wildman–Crippen LogP) is 1.73. The van der Waals surface area contributed by atoms with Crippen LogP contribution in [-0.4, -0.2) is 42.5 Å². The molecule has 1 atom stereocenters. The number of benzene rings is 1. The Bertz CT molecular complexity index is 891. The van der Waals surface area contributed by atoms with Crippen molar-refractivity contribution in [3.63, 3.8) is 0 Å². The van der Waals surface area contributed by atoms with E-state index in [1.54, 1.807) is 23.0 Å². The molecule has 2 heterocycles. The van der Waals surface area contributed by atoms with Crippen molar-refractivity contribution in [3.05, 3.63) is 46.3 Å². The molecule has 1 aromatic heterocycles. The number of aryl methyl sites for hydroxylation is 1. The monoisotopic (exact) mass is 350 g/mol. The van der Waals surface area contributed by atoms with Crippen LogP contribution < -0.4 is 4.90 Å². The number of nitro groups is 1. The van der Waals surface area contributed by atoms with Gasteiger partial charge < -0.3 is 4.90 Å². The van der Waals surface area contributed by atoms with E-state index in [1.165, 1.54) is 6.07 Å². The molecule has 1 aliphatic rings. The maximum Gasteiger partial charge on any atom is 0.311 e. The Morgan fingerprint density at radius 3 is 2.71 bits per heavy atom. The van der Waals surface area contributed by atoms with Crippen molar-refractivity contribution in [1.82, 2.24) is 9.78 Å². The molecule has 1 fully saturated rings. The summed E-state index contributed by atoms with van der Waals surface area (Å²) >= 11 is 0. The molecule has 2 aromatic rings. The first kappa shape index (κ1) is 16.4. The predicted molar refractivity (Wildman–Crippen MR) is 89.0 cm³/mol. The highest BCUT2D eigenvalue weighted by atomic mass is 32.2. The second kappa shape index (κ2) is 5.90. The van der Waals surface area contributed by atoms with E-state index in [4.69, 9.17) is 0 Å². The van der Waals surface area contributed by atoms with Gasteiger partial charge in [-0.05, 0) is 24.1 Å². The van der Waals surface area contributed by atoms with Gasteiger partial charge in [0.15, 0.2) is 9.84 Å². The van der Waals surface area contributed by atoms with Gasteiger partial charge in [-0.25, -0.2) is 8.42 Å². The Labute approximate surface area is 139 Å². The minimum absolute atomic E-state index is 0.222. The molecule has 0 N–H and O–H groups in total. The van der Waals surface area contributed by atoms with Crippen LogP contribution in [0.15, 0.2) is 35.5 Å². The quantitative estimate of drug-likeness (QED) is 0.615. The normalized spacial score (nSPS) is 18.1. The molecule has 0 saturated carbocycles. The van der Waals surface area contributed by atoms with Crippen molar-refractivity contribution in [2.24, 2.45) is 7.05 Å². The molecule has 1 saturated heterocycles. The molecule has 1 unspecified atom stereocenters. The Kier molecular flexibility index (Phi) is 4.04. The molecule has 1 aromatic carbocycles. The second-order valence-electron chi connectivity index (χ2n) is 6.03. The summed E-state index contributed by atoms with van der Waals surface area (Å²) in [5, 5.41) is 15.7. The van der Waals surface area contributed by atoms with E-state index in [9.17, 15) is 18.5 Å². The Morgan fingerprint density at radius 1 is 1.38 bits per heavy atom. The summed E-state index contributed by atoms with van der Waals surface area (Å²) in [6.07, 6.45) is 5.57. The molecule has 0 bridgehead atoms. The molecular weight excluding hydrogens is 332 g/mol. The summed E-state index contributed by atoms with van der Waals surface area (Å²) in [7, 11) is -1.83. The highest BCUT2D eigenvalue weighted by molar-refractivity contribution is 7.90. The average Bonchev–Trinajstić information content (AvgIpc) is 3.14. The molecule has 0 spiro atoms. The van der Waals surface area contributed by atoms with Gasteiger partial charge in [-0.1, -0.05) is 6.07 Å². The van der Waals surface area contributed by atoms with Crippen molar-refractivity contribution in [2.75, 3.05) is 24.2 Å². The molecule has 0 amide bonds. The molecule has 9 heteroatoms. The van der Waals surface area contributed by atoms with Crippen LogP contribution in [0.5, 0.6) is 0 Å². The topological polar surface area (TPSA) is 98.3 Å². The fourth-order valence-electron chi connectivity index (χ4n) is 3.15. The lowest BCUT2D eigenvalue weighted by Crippen LogP contribution is -2.21. The van der Waals surface area contributed by atoms with Crippen molar-refractivity contribution in [1.29, 1.82) is 0 Å². The molecule has 1 aliphatic heterocycles. The fraction of sp³-hybridized carbons (Fsp3) is 0.400. The van der Waals surface area contributed by atoms with Gasteiger partial charge in [-0.3, -0.25) is 14.8 Å². The number of rotatable bonds is 4. The summed E-state index contributed by atoms with van der Waals surface area (Å²) in [5.74, 6) is 0.222. The number of aromatic nitrogens is 2. The highest BCUT2D eigenvalue weighted by Gasteiger charge is 2.33. The maximum atomic E-state index is 11.9. The largest absolute Gasteiger partial charge is 0.365 e. The molecule has 24 heavy (non-hydrogen) atoms. The lowest BCUT2D eigenvalue weighted by molar-refractivity contribution is -0.387. The van der Waals surface area contributed by atoms with Crippen LogP contribution in [0.4, 0.5) is 11.4 Å². The molecule has 3 rings (SSSR count). The third-order valence-electron chi connectivity index (χ3n) is 4.28. The van der Waals surface area contributed by atoms with Crippen LogP contribution >= 0.6 is 0 Å². The van der Waals surface area contributed by atoms with Gasteiger partial charge in [-0.15, -0.1) is 0 Å². The molecule has 8 nitrogen and oxygen atoms in total. The number of anilines is 1. The summed E-state index contributed by atoms with van der Waals surface area (Å²) in [5.41, 5.74) is 1.10. The first-order valence-electron chi connectivity index (χ1n) is 7.48. The standard InChI is InChI=1S/C15H18N4O4S/c1-17-9-12(8-16-17)11-6-7-18(10-11)13-4-3-5-14(24(2,22)23)15(13)19(20)21/h3-5,8-9,11H,6-7,10H2,1-2H3. The van der Waals surface area contributed by atoms with Gasteiger partial charge in [0.2, 0.25) is 0 Å². The molecule has 0 aliphatic carbocycles. The zero-order valence-electron chi connectivity index (χ0n) is 13.4. The smallest absolute Gasteiger partial charge is 0.311 e. The number of hydrogen-bond donors (Lipinski definition) is 0. The Hall–Kier alpha value is -2.42. The van der Waals surface area contributed by atoms with Crippen LogP contribution in [0.1, 0.15) is 17.9 Å². The number of hydrogen-bond acceptors (Lipinski definition) is 6. The fourth-order valence-corrected chi connectivity index (χ4v) is 4.01. The van der Waals surface area contributed by atoms with Crippen molar-refractivity contribution in [3.8, 4) is 0 Å². The van der Waals surface area contributed by atoms with Gasteiger partial charge in [0.25, 0.3) is 0 Å². The van der Waals surface area contributed by atoms with E-state index in [0.717, 1.165) is 18.2 Å². The van der Waals surface area contributed by atoms with Crippen molar-refractivity contribution < 1.29 is 13.3 Å². The zero-order chi connectivity index (χ0) is 17.5. The number of sulfone groups is 1. The Morgan fingerprint density at radius 2 is 2.12 bits per heavy atom. The van der Waals surface area contributed by atoms with E-state index in [0.29, 0.717) is 18.8 Å². The summed E-state index contributed by atoms with van der Waals surface area (Å²) in [4.78, 5) is 12.5. The van der Waals surface area contributed by atoms with Crippen LogP contribution in [0.3, 0.4) is 0 Å². The van der Waals surface area contributed by atoms with Crippen LogP contribution in [0.25, 0.3) is 0 Å². The third-order valence-corrected chi connectivity index (χ3v) is 5.41. The van der Waals surface area contributed by atoms with Gasteiger partial charge >= 0.3 is 5.69 Å². The summed E-state index contributed by atoms with van der Waals surface area (Å²) < 4.78 is 25.5. The van der Waals surface area contributed by atoms with Crippen LogP contribution in [0, 0.1) is 10.1 Å². The lowest BCUT2D eigenvalue weighted by atomic mass is 10.0. The third kappa shape index (κ3) is 2.99. The Balaban J connectivity index is 1.97. The van der Waals surface area contributed by atoms with E-state index in [-0.39, 0.29) is 16.5 Å². The average molecular weight is 350 g/mol. The van der Waals surface area contributed by atoms with Crippen molar-refractivity contribution in [2.45, 2.75) is 17.2 Å². The SMILES string of the molecule is Cn1cc(C2CCN(c3cccc(S(C)(=O)=O)c3[N+](=O)[O-])C2)cn1. The van der Waals surface area contributed by atoms with Gasteiger partial charge in [-0.2, -0.15) is 5.10 Å². The number of nitrogens with zero attached hydrogens (tertiary/aromatic N) is 4. The zero-order valence-corrected chi connectivity index (χ0v) is 14.2. The molecule has 128 valence electrons. The minimum Gasteiger partial charge on any atom is -0.365 e. The van der Waals surface area contributed by atoms with E-state index >= 15 is 0 Å². The number of nitro benzene ring substituents is 1. The minimum atomic E-state index is -3.67. The summed E-state index contributed by atoms with van der Waals surface area (Å²) in [6.45, 7) is 1.23. The van der Waals surface area contributed by atoms with Gasteiger partial charge in [0.1, 0.15) is 10.6 Å². The van der Waals surface area contributed by atoms with E-state index in [2.05, 4.69) is 5.10 Å². The second-order valence-corrected chi connectivity index (χ2v) is 8.02.